The van der Waals surface area contributed by atoms with Crippen LogP contribution in [-0.4, -0.2) is 22.6 Å². The monoisotopic (exact) mass is 286 g/mol. The molecule has 0 radical (unpaired) electrons. The number of halogens is 5. The Labute approximate surface area is 101 Å². The molecule has 1 aromatic heterocycles. The van der Waals surface area contributed by atoms with Crippen molar-refractivity contribution in [3.8, 4) is 5.75 Å². The van der Waals surface area contributed by atoms with Crippen LogP contribution in [0.3, 0.4) is 0 Å². The maximum atomic E-state index is 12.5. The molecule has 1 aromatic rings. The Kier molecular flexibility index (Phi) is 3.97. The molecule has 0 aliphatic carbocycles. The van der Waals surface area contributed by atoms with E-state index in [0.717, 1.165) is 0 Å². The Bertz CT molecular complexity index is 517. The van der Waals surface area contributed by atoms with E-state index in [-0.39, 0.29) is 12.4 Å². The van der Waals surface area contributed by atoms with E-state index < -0.39 is 40.5 Å². The van der Waals surface area contributed by atoms with Crippen molar-refractivity contribution in [2.24, 2.45) is 0 Å². The van der Waals surface area contributed by atoms with Crippen LogP contribution in [0.2, 0.25) is 0 Å². The molecule has 0 saturated carbocycles. The van der Waals surface area contributed by atoms with Gasteiger partial charge in [0.05, 0.1) is 6.07 Å². The molecule has 0 saturated heterocycles. The first-order chi connectivity index (χ1) is 8.65. The summed E-state index contributed by atoms with van der Waals surface area (Å²) in [6.07, 6.45) is -9.12. The summed E-state index contributed by atoms with van der Waals surface area (Å²) in [5.41, 5.74) is -2.65. The lowest BCUT2D eigenvalue weighted by Gasteiger charge is -2.11. The number of aromatic nitrogens is 1. The summed E-state index contributed by atoms with van der Waals surface area (Å²) in [7, 11) is 0. The van der Waals surface area contributed by atoms with Gasteiger partial charge in [-0.15, -0.1) is 13.2 Å². The number of carbonyl (C=O) groups is 1. The number of pyridine rings is 1. The first-order valence-corrected chi connectivity index (χ1v) is 4.34. The maximum Gasteiger partial charge on any atom is 0.573 e. The molecule has 0 amide bonds. The second-order valence-corrected chi connectivity index (χ2v) is 3.00. The number of aldehydes is 1. The highest BCUT2D eigenvalue weighted by Gasteiger charge is 2.36. The van der Waals surface area contributed by atoms with Gasteiger partial charge < -0.3 is 14.9 Å². The van der Waals surface area contributed by atoms with Gasteiger partial charge in [-0.1, -0.05) is 0 Å². The number of carbonyl (C=O) groups excluding carboxylic acids is 1. The molecule has 0 aliphatic heterocycles. The van der Waals surface area contributed by atoms with Crippen LogP contribution in [0.4, 0.5) is 27.8 Å². The Hall–Kier alpha value is -2.33. The van der Waals surface area contributed by atoms with Crippen LogP contribution in [0.15, 0.2) is 6.07 Å². The number of nitro groups is 1. The molecule has 0 aliphatic rings. The highest BCUT2D eigenvalue weighted by Crippen LogP contribution is 2.33. The minimum Gasteiger partial charge on any atom is -0.405 e. The predicted molar refractivity (Wildman–Crippen MR) is 47.9 cm³/mol. The van der Waals surface area contributed by atoms with Crippen LogP contribution in [0, 0.1) is 10.1 Å². The van der Waals surface area contributed by atoms with Gasteiger partial charge in [0, 0.05) is 0 Å². The molecular weight excluding hydrogens is 283 g/mol. The summed E-state index contributed by atoms with van der Waals surface area (Å²) in [4.78, 5) is 22.4. The van der Waals surface area contributed by atoms with Crippen molar-refractivity contribution in [2.45, 2.75) is 12.8 Å². The van der Waals surface area contributed by atoms with Gasteiger partial charge in [0.15, 0.2) is 12.0 Å². The largest absolute Gasteiger partial charge is 0.573 e. The average Bonchev–Trinajstić information content (AvgIpc) is 2.25. The van der Waals surface area contributed by atoms with Gasteiger partial charge in [0.25, 0.3) is 0 Å². The molecule has 0 spiro atoms. The van der Waals surface area contributed by atoms with Crippen molar-refractivity contribution >= 4 is 12.1 Å². The van der Waals surface area contributed by atoms with Crippen LogP contribution < -0.4 is 4.74 Å². The van der Waals surface area contributed by atoms with Crippen LogP contribution in [0.5, 0.6) is 5.75 Å². The third-order valence-electron chi connectivity index (χ3n) is 1.77. The molecule has 0 aromatic carbocycles. The number of hydrogen-bond donors (Lipinski definition) is 0. The SMILES string of the molecule is O=Cc1c(OC(F)(F)F)cc([N+](=O)[O-])nc1C(F)F. The highest BCUT2D eigenvalue weighted by atomic mass is 19.4. The van der Waals surface area contributed by atoms with Gasteiger partial charge in [-0.25, -0.2) is 8.78 Å². The maximum absolute atomic E-state index is 12.5. The molecule has 6 nitrogen and oxygen atoms in total. The smallest absolute Gasteiger partial charge is 0.405 e. The molecule has 0 unspecified atom stereocenters. The fraction of sp³-hybridized carbons (Fsp3) is 0.250. The first-order valence-electron chi connectivity index (χ1n) is 4.34. The summed E-state index contributed by atoms with van der Waals surface area (Å²) in [5, 5.41) is 10.4. The van der Waals surface area contributed by atoms with E-state index in [1.165, 1.54) is 0 Å². The minimum absolute atomic E-state index is 0.142. The first kappa shape index (κ1) is 14.7. The summed E-state index contributed by atoms with van der Waals surface area (Å²) in [6.45, 7) is 0. The Morgan fingerprint density at radius 2 is 2.00 bits per heavy atom. The topological polar surface area (TPSA) is 82.3 Å². The van der Waals surface area contributed by atoms with E-state index in [1.54, 1.807) is 0 Å². The van der Waals surface area contributed by atoms with Crippen LogP contribution >= 0.6 is 0 Å². The van der Waals surface area contributed by atoms with Gasteiger partial charge in [0.1, 0.15) is 5.56 Å². The van der Waals surface area contributed by atoms with Gasteiger partial charge >= 0.3 is 18.6 Å². The number of nitrogens with zero attached hydrogens (tertiary/aromatic N) is 2. The summed E-state index contributed by atoms with van der Waals surface area (Å²) in [5.74, 6) is -2.69. The quantitative estimate of drug-likeness (QED) is 0.368. The fourth-order valence-electron chi connectivity index (χ4n) is 1.12. The van der Waals surface area contributed by atoms with Gasteiger partial charge in [-0.05, 0) is 9.91 Å². The third kappa shape index (κ3) is 3.56. The van der Waals surface area contributed by atoms with Crippen molar-refractivity contribution < 1.29 is 36.4 Å². The second kappa shape index (κ2) is 5.12. The zero-order valence-corrected chi connectivity index (χ0v) is 8.65. The predicted octanol–water partition coefficient (Wildman–Crippen LogP) is 2.64. The van der Waals surface area contributed by atoms with Gasteiger partial charge in [-0.3, -0.25) is 4.79 Å². The van der Waals surface area contributed by atoms with Crippen LogP contribution in [-0.2, 0) is 0 Å². The van der Waals surface area contributed by atoms with Crippen molar-refractivity contribution in [3.05, 3.63) is 27.4 Å². The zero-order chi connectivity index (χ0) is 14.8. The summed E-state index contributed by atoms with van der Waals surface area (Å²) in [6, 6.07) is 0.142. The average molecular weight is 286 g/mol. The molecule has 0 bridgehead atoms. The molecular formula is C8H3F5N2O4. The Morgan fingerprint density at radius 3 is 2.37 bits per heavy atom. The van der Waals surface area contributed by atoms with E-state index in [0.29, 0.717) is 0 Å². The lowest BCUT2D eigenvalue weighted by atomic mass is 10.2. The molecule has 0 fully saturated rings. The zero-order valence-electron chi connectivity index (χ0n) is 8.65. The van der Waals surface area contributed by atoms with E-state index >= 15 is 0 Å². The minimum atomic E-state index is -5.30. The Morgan fingerprint density at radius 1 is 1.42 bits per heavy atom. The van der Waals surface area contributed by atoms with Gasteiger partial charge in [0.2, 0.25) is 5.69 Å². The van der Waals surface area contributed by atoms with Crippen molar-refractivity contribution in [3.63, 3.8) is 0 Å². The van der Waals surface area contributed by atoms with Crippen molar-refractivity contribution in [1.82, 2.24) is 4.98 Å². The lowest BCUT2D eigenvalue weighted by Crippen LogP contribution is -2.19. The standard InChI is InChI=1S/C8H3F5N2O4/c9-7(10)6-3(2-16)4(19-8(11,12)13)1-5(14-6)15(17)18/h1-2,7H. The van der Waals surface area contributed by atoms with E-state index in [4.69, 9.17) is 0 Å². The number of alkyl halides is 5. The van der Waals surface area contributed by atoms with E-state index in [9.17, 15) is 36.9 Å². The van der Waals surface area contributed by atoms with Crippen molar-refractivity contribution in [2.75, 3.05) is 0 Å². The fourth-order valence-corrected chi connectivity index (χ4v) is 1.12. The van der Waals surface area contributed by atoms with Crippen LogP contribution in [0.1, 0.15) is 22.5 Å². The molecule has 0 atom stereocenters. The number of rotatable bonds is 4. The van der Waals surface area contributed by atoms with Crippen LogP contribution in [0.25, 0.3) is 0 Å². The molecule has 104 valence electrons. The summed E-state index contributed by atoms with van der Waals surface area (Å²) < 4.78 is 64.3. The molecule has 1 heterocycles. The lowest BCUT2D eigenvalue weighted by molar-refractivity contribution is -0.390. The highest BCUT2D eigenvalue weighted by molar-refractivity contribution is 5.81. The Balaban J connectivity index is 3.49. The molecule has 11 heteroatoms. The molecule has 0 N–H and O–H groups in total. The molecule has 19 heavy (non-hydrogen) atoms. The number of hydrogen-bond acceptors (Lipinski definition) is 5. The van der Waals surface area contributed by atoms with Crippen molar-refractivity contribution in [1.29, 1.82) is 0 Å². The molecule has 1 rings (SSSR count). The van der Waals surface area contributed by atoms with E-state index in [2.05, 4.69) is 9.72 Å². The normalized spacial score (nSPS) is 11.5. The second-order valence-electron chi connectivity index (χ2n) is 3.00. The number of ether oxygens (including phenoxy) is 1. The van der Waals surface area contributed by atoms with Gasteiger partial charge in [-0.2, -0.15) is 0 Å². The van der Waals surface area contributed by atoms with E-state index in [1.807, 2.05) is 0 Å². The summed E-state index contributed by atoms with van der Waals surface area (Å²) >= 11 is 0. The third-order valence-corrected chi connectivity index (χ3v) is 1.77.